The molecule has 24 heavy (non-hydrogen) atoms. The SMILES string of the molecule is CCOc1ccc(NCC(=O)NN=C(CC)c2ccccc2)cc1. The topological polar surface area (TPSA) is 62.7 Å². The molecule has 0 saturated carbocycles. The number of amides is 1. The Hall–Kier alpha value is -2.82. The van der Waals surface area contributed by atoms with Crippen molar-refractivity contribution in [2.24, 2.45) is 5.10 Å². The minimum atomic E-state index is -0.189. The van der Waals surface area contributed by atoms with E-state index in [-0.39, 0.29) is 12.5 Å². The first kappa shape index (κ1) is 17.5. The molecule has 2 N–H and O–H groups in total. The number of rotatable bonds is 8. The van der Waals surface area contributed by atoms with E-state index in [1.807, 2.05) is 68.4 Å². The number of hydrogen-bond donors (Lipinski definition) is 2. The number of hydrogen-bond acceptors (Lipinski definition) is 4. The Morgan fingerprint density at radius 2 is 1.75 bits per heavy atom. The second-order valence-electron chi connectivity index (χ2n) is 5.12. The summed E-state index contributed by atoms with van der Waals surface area (Å²) in [7, 11) is 0. The van der Waals surface area contributed by atoms with Crippen molar-refractivity contribution in [3.63, 3.8) is 0 Å². The van der Waals surface area contributed by atoms with Crippen LogP contribution in [0.5, 0.6) is 5.75 Å². The smallest absolute Gasteiger partial charge is 0.259 e. The molecule has 0 radical (unpaired) electrons. The molecule has 0 unspecified atom stereocenters. The number of nitrogens with one attached hydrogen (secondary N) is 2. The Morgan fingerprint density at radius 3 is 2.38 bits per heavy atom. The van der Waals surface area contributed by atoms with Gasteiger partial charge in [0, 0.05) is 5.69 Å². The molecule has 1 amide bonds. The Morgan fingerprint density at radius 1 is 1.04 bits per heavy atom. The average Bonchev–Trinajstić information content (AvgIpc) is 2.63. The monoisotopic (exact) mass is 325 g/mol. The lowest BCUT2D eigenvalue weighted by molar-refractivity contribution is -0.119. The quantitative estimate of drug-likeness (QED) is 0.577. The van der Waals surface area contributed by atoms with Gasteiger partial charge in [-0.1, -0.05) is 37.3 Å². The molecule has 5 nitrogen and oxygen atoms in total. The summed E-state index contributed by atoms with van der Waals surface area (Å²) in [5.74, 6) is 0.623. The summed E-state index contributed by atoms with van der Waals surface area (Å²) in [4.78, 5) is 11.9. The zero-order chi connectivity index (χ0) is 17.2. The second-order valence-corrected chi connectivity index (χ2v) is 5.12. The maximum Gasteiger partial charge on any atom is 0.259 e. The van der Waals surface area contributed by atoms with E-state index in [1.54, 1.807) is 0 Å². The molecule has 0 aliphatic carbocycles. The fourth-order valence-electron chi connectivity index (χ4n) is 2.17. The number of carbonyl (C=O) groups excluding carboxylic acids is 1. The first-order valence-corrected chi connectivity index (χ1v) is 8.10. The van der Waals surface area contributed by atoms with Crippen LogP contribution in [0.25, 0.3) is 0 Å². The van der Waals surface area contributed by atoms with Gasteiger partial charge in [-0.2, -0.15) is 5.10 Å². The summed E-state index contributed by atoms with van der Waals surface area (Å²) in [5.41, 5.74) is 5.32. The molecule has 0 bridgehead atoms. The normalized spacial score (nSPS) is 11.0. The van der Waals surface area contributed by atoms with Crippen LogP contribution in [0.15, 0.2) is 59.7 Å². The molecular weight excluding hydrogens is 302 g/mol. The van der Waals surface area contributed by atoms with E-state index < -0.39 is 0 Å². The first-order valence-electron chi connectivity index (χ1n) is 8.10. The minimum Gasteiger partial charge on any atom is -0.494 e. The molecule has 0 atom stereocenters. The highest BCUT2D eigenvalue weighted by molar-refractivity contribution is 6.00. The lowest BCUT2D eigenvalue weighted by Gasteiger charge is -2.08. The molecule has 2 aromatic carbocycles. The predicted octanol–water partition coefficient (Wildman–Crippen LogP) is 3.43. The zero-order valence-corrected chi connectivity index (χ0v) is 14.1. The summed E-state index contributed by atoms with van der Waals surface area (Å²) in [6.07, 6.45) is 0.747. The maximum absolute atomic E-state index is 11.9. The van der Waals surface area contributed by atoms with Gasteiger partial charge in [0.25, 0.3) is 5.91 Å². The number of nitrogens with zero attached hydrogens (tertiary/aromatic N) is 1. The van der Waals surface area contributed by atoms with E-state index in [0.29, 0.717) is 6.61 Å². The lowest BCUT2D eigenvalue weighted by atomic mass is 10.1. The molecular formula is C19H23N3O2. The molecule has 0 aliphatic heterocycles. The van der Waals surface area contributed by atoms with Gasteiger partial charge in [-0.25, -0.2) is 5.43 Å². The number of carbonyl (C=O) groups is 1. The van der Waals surface area contributed by atoms with Crippen LogP contribution in [0.2, 0.25) is 0 Å². The molecule has 2 rings (SSSR count). The summed E-state index contributed by atoms with van der Waals surface area (Å²) in [6, 6.07) is 17.3. The third-order valence-electron chi connectivity index (χ3n) is 3.38. The van der Waals surface area contributed by atoms with Crippen molar-refractivity contribution >= 4 is 17.3 Å². The third-order valence-corrected chi connectivity index (χ3v) is 3.38. The van der Waals surface area contributed by atoms with Crippen molar-refractivity contribution in [1.82, 2.24) is 5.43 Å². The van der Waals surface area contributed by atoms with Crippen molar-refractivity contribution in [1.29, 1.82) is 0 Å². The Labute approximate surface area is 142 Å². The van der Waals surface area contributed by atoms with Gasteiger partial charge in [0.15, 0.2) is 0 Å². The van der Waals surface area contributed by atoms with Crippen molar-refractivity contribution in [3.8, 4) is 5.75 Å². The highest BCUT2D eigenvalue weighted by atomic mass is 16.5. The average molecular weight is 325 g/mol. The number of ether oxygens (including phenoxy) is 1. The number of benzene rings is 2. The first-order chi connectivity index (χ1) is 11.7. The van der Waals surface area contributed by atoms with Crippen molar-refractivity contribution in [2.45, 2.75) is 20.3 Å². The molecule has 0 fully saturated rings. The summed E-state index contributed by atoms with van der Waals surface area (Å²) in [6.45, 7) is 4.74. The Bertz CT molecular complexity index is 667. The molecule has 2 aromatic rings. The Kier molecular flexibility index (Phi) is 6.83. The second kappa shape index (κ2) is 9.35. The molecule has 0 aliphatic rings. The van der Waals surface area contributed by atoms with Gasteiger partial charge in [0.2, 0.25) is 0 Å². The van der Waals surface area contributed by atoms with Crippen molar-refractivity contribution < 1.29 is 9.53 Å². The van der Waals surface area contributed by atoms with Crippen LogP contribution < -0.4 is 15.5 Å². The summed E-state index contributed by atoms with van der Waals surface area (Å²) < 4.78 is 5.38. The molecule has 0 aromatic heterocycles. The summed E-state index contributed by atoms with van der Waals surface area (Å²) in [5, 5.41) is 7.28. The van der Waals surface area contributed by atoms with Gasteiger partial charge in [-0.05, 0) is 43.2 Å². The predicted molar refractivity (Wildman–Crippen MR) is 97.5 cm³/mol. The minimum absolute atomic E-state index is 0.156. The van der Waals surface area contributed by atoms with Crippen LogP contribution in [0.4, 0.5) is 5.69 Å². The summed E-state index contributed by atoms with van der Waals surface area (Å²) >= 11 is 0. The zero-order valence-electron chi connectivity index (χ0n) is 14.1. The number of hydrazone groups is 1. The van der Waals surface area contributed by atoms with Gasteiger partial charge in [0.1, 0.15) is 5.75 Å². The Balaban J connectivity index is 1.85. The van der Waals surface area contributed by atoms with E-state index in [0.717, 1.165) is 29.1 Å². The van der Waals surface area contributed by atoms with Gasteiger partial charge in [0.05, 0.1) is 18.9 Å². The molecule has 5 heteroatoms. The van der Waals surface area contributed by atoms with E-state index in [9.17, 15) is 4.79 Å². The molecule has 0 spiro atoms. The highest BCUT2D eigenvalue weighted by Gasteiger charge is 2.03. The van der Waals surface area contributed by atoms with Gasteiger partial charge < -0.3 is 10.1 Å². The standard InChI is InChI=1S/C19H23N3O2/c1-3-18(15-8-6-5-7-9-15)21-22-19(23)14-20-16-10-12-17(13-11-16)24-4-2/h5-13,20H,3-4,14H2,1-2H3,(H,22,23). The van der Waals surface area contributed by atoms with E-state index >= 15 is 0 Å². The van der Waals surface area contributed by atoms with Crippen molar-refractivity contribution in [3.05, 3.63) is 60.2 Å². The van der Waals surface area contributed by atoms with Crippen LogP contribution in [0.1, 0.15) is 25.8 Å². The molecule has 126 valence electrons. The van der Waals surface area contributed by atoms with Crippen LogP contribution in [-0.4, -0.2) is 24.8 Å². The molecule has 0 heterocycles. The largest absolute Gasteiger partial charge is 0.494 e. The van der Waals surface area contributed by atoms with Gasteiger partial charge in [-0.15, -0.1) is 0 Å². The van der Waals surface area contributed by atoms with E-state index in [4.69, 9.17) is 4.74 Å². The highest BCUT2D eigenvalue weighted by Crippen LogP contribution is 2.15. The fourth-order valence-corrected chi connectivity index (χ4v) is 2.17. The van der Waals surface area contributed by atoms with Crippen LogP contribution in [0, 0.1) is 0 Å². The third kappa shape index (κ3) is 5.43. The van der Waals surface area contributed by atoms with E-state index in [2.05, 4.69) is 15.8 Å². The van der Waals surface area contributed by atoms with Crippen LogP contribution in [-0.2, 0) is 4.79 Å². The number of anilines is 1. The van der Waals surface area contributed by atoms with E-state index in [1.165, 1.54) is 0 Å². The van der Waals surface area contributed by atoms with Crippen LogP contribution in [0.3, 0.4) is 0 Å². The maximum atomic E-state index is 11.9. The van der Waals surface area contributed by atoms with Gasteiger partial charge >= 0.3 is 0 Å². The lowest BCUT2D eigenvalue weighted by Crippen LogP contribution is -2.27. The van der Waals surface area contributed by atoms with Crippen molar-refractivity contribution in [2.75, 3.05) is 18.5 Å². The van der Waals surface area contributed by atoms with Crippen LogP contribution >= 0.6 is 0 Å². The van der Waals surface area contributed by atoms with Gasteiger partial charge in [-0.3, -0.25) is 4.79 Å². The molecule has 0 saturated heterocycles. The fraction of sp³-hybridized carbons (Fsp3) is 0.263.